The molecule has 0 radical (unpaired) electrons. The van der Waals surface area contributed by atoms with E-state index in [1.807, 2.05) is 6.92 Å². The molecule has 0 fully saturated rings. The van der Waals surface area contributed by atoms with Gasteiger partial charge < -0.3 is 5.73 Å². The zero-order valence-electron chi connectivity index (χ0n) is 11.6. The minimum Gasteiger partial charge on any atom is -0.396 e. The predicted molar refractivity (Wildman–Crippen MR) is 77.6 cm³/mol. The summed E-state index contributed by atoms with van der Waals surface area (Å²) >= 11 is 0. The number of halogens is 1. The van der Waals surface area contributed by atoms with E-state index in [4.69, 9.17) is 5.73 Å². The molecule has 1 heterocycles. The number of nitrogens with two attached hydrogens (primary N) is 1. The molecular weight excluding hydrogens is 295 g/mol. The molecule has 1 aromatic heterocycles. The Hall–Kier alpha value is -1.93. The smallest absolute Gasteiger partial charge is 0.240 e. The minimum atomic E-state index is -3.72. The van der Waals surface area contributed by atoms with E-state index in [0.29, 0.717) is 12.8 Å². The van der Waals surface area contributed by atoms with Crippen LogP contribution >= 0.6 is 0 Å². The number of hydrogen-bond acceptors (Lipinski definition) is 4. The van der Waals surface area contributed by atoms with E-state index in [9.17, 15) is 12.8 Å². The lowest BCUT2D eigenvalue weighted by Crippen LogP contribution is -2.25. The first-order valence-corrected chi connectivity index (χ1v) is 7.92. The van der Waals surface area contributed by atoms with Crippen LogP contribution in [0.4, 0.5) is 10.1 Å². The van der Waals surface area contributed by atoms with Crippen LogP contribution in [0.25, 0.3) is 0 Å². The zero-order chi connectivity index (χ0) is 15.5. The summed E-state index contributed by atoms with van der Waals surface area (Å²) in [5.74, 6) is -0.744. The van der Waals surface area contributed by atoms with Gasteiger partial charge in [0.25, 0.3) is 0 Å². The molecule has 0 aliphatic heterocycles. The van der Waals surface area contributed by atoms with Gasteiger partial charge in [-0.1, -0.05) is 0 Å². The molecule has 114 valence electrons. The van der Waals surface area contributed by atoms with Crippen LogP contribution in [0.5, 0.6) is 0 Å². The van der Waals surface area contributed by atoms with Gasteiger partial charge in [-0.15, -0.1) is 0 Å². The van der Waals surface area contributed by atoms with Gasteiger partial charge >= 0.3 is 0 Å². The van der Waals surface area contributed by atoms with Crippen molar-refractivity contribution < 1.29 is 12.8 Å². The van der Waals surface area contributed by atoms with E-state index in [0.717, 1.165) is 17.3 Å². The lowest BCUT2D eigenvalue weighted by atomic mass is 10.1. The number of H-pyrrole nitrogens is 1. The number of aryl methyl sites for hydroxylation is 2. The molecule has 0 saturated carbocycles. The van der Waals surface area contributed by atoms with Crippen LogP contribution in [0.3, 0.4) is 0 Å². The van der Waals surface area contributed by atoms with Crippen molar-refractivity contribution in [2.24, 2.45) is 0 Å². The first-order chi connectivity index (χ1) is 9.90. The largest absolute Gasteiger partial charge is 0.396 e. The number of benzene rings is 1. The molecule has 2 aromatic rings. The van der Waals surface area contributed by atoms with Crippen LogP contribution in [0, 0.1) is 12.7 Å². The second kappa shape index (κ2) is 6.23. The van der Waals surface area contributed by atoms with Crippen molar-refractivity contribution in [1.29, 1.82) is 0 Å². The van der Waals surface area contributed by atoms with Crippen LogP contribution in [0.1, 0.15) is 17.7 Å². The molecule has 21 heavy (non-hydrogen) atoms. The molecular formula is C13H17FN4O2S. The maximum absolute atomic E-state index is 13.3. The molecule has 0 amide bonds. The lowest BCUT2D eigenvalue weighted by Gasteiger charge is -2.07. The molecule has 0 aliphatic carbocycles. The average molecular weight is 312 g/mol. The summed E-state index contributed by atoms with van der Waals surface area (Å²) in [6, 6.07) is 3.43. The van der Waals surface area contributed by atoms with Crippen molar-refractivity contribution in [1.82, 2.24) is 14.9 Å². The molecule has 2 rings (SSSR count). The van der Waals surface area contributed by atoms with Gasteiger partial charge in [-0.05, 0) is 43.5 Å². The summed E-state index contributed by atoms with van der Waals surface area (Å²) in [6.07, 6.45) is 3.05. The van der Waals surface area contributed by atoms with Gasteiger partial charge in [-0.3, -0.25) is 5.10 Å². The number of aromatic amines is 1. The highest BCUT2D eigenvalue weighted by Gasteiger charge is 2.15. The molecule has 4 N–H and O–H groups in total. The molecule has 0 spiro atoms. The minimum absolute atomic E-state index is 0.0793. The first kappa shape index (κ1) is 15.5. The molecule has 0 aliphatic rings. The van der Waals surface area contributed by atoms with Gasteiger partial charge in [0.05, 0.1) is 16.8 Å². The number of hydrogen-bond donors (Lipinski definition) is 3. The van der Waals surface area contributed by atoms with Crippen molar-refractivity contribution in [3.8, 4) is 0 Å². The maximum atomic E-state index is 13.3. The maximum Gasteiger partial charge on any atom is 0.240 e. The quantitative estimate of drug-likeness (QED) is 0.553. The number of nitrogens with zero attached hydrogens (tertiary/aromatic N) is 1. The zero-order valence-corrected chi connectivity index (χ0v) is 12.4. The van der Waals surface area contributed by atoms with E-state index in [1.54, 1.807) is 6.20 Å². The number of nitrogen functional groups attached to an aromatic ring is 1. The van der Waals surface area contributed by atoms with E-state index in [2.05, 4.69) is 14.9 Å². The molecule has 0 unspecified atom stereocenters. The number of rotatable bonds is 6. The highest BCUT2D eigenvalue weighted by atomic mass is 32.2. The summed E-state index contributed by atoms with van der Waals surface area (Å²) in [7, 11) is -3.72. The van der Waals surface area contributed by atoms with Crippen molar-refractivity contribution in [3.05, 3.63) is 41.5 Å². The highest BCUT2D eigenvalue weighted by molar-refractivity contribution is 7.89. The summed E-state index contributed by atoms with van der Waals surface area (Å²) in [6.45, 7) is 2.17. The Morgan fingerprint density at radius 1 is 1.43 bits per heavy atom. The Bertz CT molecular complexity index is 728. The lowest BCUT2D eigenvalue weighted by molar-refractivity contribution is 0.575. The predicted octanol–water partition coefficient (Wildman–Crippen LogP) is 1.35. The van der Waals surface area contributed by atoms with Gasteiger partial charge in [-0.25, -0.2) is 17.5 Å². The van der Waals surface area contributed by atoms with Crippen molar-refractivity contribution in [2.45, 2.75) is 24.7 Å². The third kappa shape index (κ3) is 3.79. The Morgan fingerprint density at radius 3 is 2.81 bits per heavy atom. The standard InChI is InChI=1S/C13H17FN4O2S/c1-9-10(8-16-18-9)3-2-6-17-21(19,20)11-4-5-13(15)12(14)7-11/h4-5,7-8,17H,2-3,6,15H2,1H3,(H,16,18). The fourth-order valence-corrected chi connectivity index (χ4v) is 2.96. The summed E-state index contributed by atoms with van der Waals surface area (Å²) in [5, 5.41) is 6.72. The Labute approximate surface area is 122 Å². The van der Waals surface area contributed by atoms with Crippen molar-refractivity contribution in [2.75, 3.05) is 12.3 Å². The fraction of sp³-hybridized carbons (Fsp3) is 0.308. The topological polar surface area (TPSA) is 101 Å². The summed E-state index contributed by atoms with van der Waals surface area (Å²) < 4.78 is 39.7. The Balaban J connectivity index is 1.92. The fourth-order valence-electron chi connectivity index (χ4n) is 1.87. The molecule has 8 heteroatoms. The second-order valence-corrected chi connectivity index (χ2v) is 6.47. The van der Waals surface area contributed by atoms with Crippen LogP contribution in [-0.2, 0) is 16.4 Å². The number of nitrogens with one attached hydrogen (secondary N) is 2. The van der Waals surface area contributed by atoms with Crippen LogP contribution in [0.2, 0.25) is 0 Å². The van der Waals surface area contributed by atoms with Crippen LogP contribution in [-0.4, -0.2) is 25.2 Å². The van der Waals surface area contributed by atoms with Gasteiger partial charge in [0.2, 0.25) is 10.0 Å². The van der Waals surface area contributed by atoms with Gasteiger partial charge in [0.1, 0.15) is 5.82 Å². The van der Waals surface area contributed by atoms with Gasteiger partial charge in [-0.2, -0.15) is 5.10 Å². The third-order valence-corrected chi connectivity index (χ3v) is 4.59. The molecule has 6 nitrogen and oxygen atoms in total. The monoisotopic (exact) mass is 312 g/mol. The normalized spacial score (nSPS) is 11.7. The van der Waals surface area contributed by atoms with Gasteiger partial charge in [0, 0.05) is 12.2 Å². The molecule has 0 saturated heterocycles. The first-order valence-electron chi connectivity index (χ1n) is 6.43. The summed E-state index contributed by atoms with van der Waals surface area (Å²) in [4.78, 5) is -0.131. The molecule has 0 atom stereocenters. The van der Waals surface area contributed by atoms with Crippen molar-refractivity contribution >= 4 is 15.7 Å². The van der Waals surface area contributed by atoms with Crippen LogP contribution in [0.15, 0.2) is 29.3 Å². The van der Waals surface area contributed by atoms with E-state index in [-0.39, 0.29) is 17.1 Å². The third-order valence-electron chi connectivity index (χ3n) is 3.13. The van der Waals surface area contributed by atoms with E-state index < -0.39 is 15.8 Å². The van der Waals surface area contributed by atoms with E-state index >= 15 is 0 Å². The van der Waals surface area contributed by atoms with Gasteiger partial charge in [0.15, 0.2) is 0 Å². The second-order valence-electron chi connectivity index (χ2n) is 4.70. The average Bonchev–Trinajstić information content (AvgIpc) is 2.83. The molecule has 1 aromatic carbocycles. The van der Waals surface area contributed by atoms with E-state index in [1.165, 1.54) is 12.1 Å². The summed E-state index contributed by atoms with van der Waals surface area (Å²) in [5.41, 5.74) is 7.26. The number of anilines is 1. The van der Waals surface area contributed by atoms with Crippen molar-refractivity contribution in [3.63, 3.8) is 0 Å². The molecule has 0 bridgehead atoms. The Morgan fingerprint density at radius 2 is 2.19 bits per heavy atom. The van der Waals surface area contributed by atoms with Crippen LogP contribution < -0.4 is 10.5 Å². The highest BCUT2D eigenvalue weighted by Crippen LogP contribution is 2.16. The Kier molecular flexibility index (Phi) is 4.59. The number of aromatic nitrogens is 2. The SMILES string of the molecule is Cc1[nH]ncc1CCCNS(=O)(=O)c1ccc(N)c(F)c1. The number of sulfonamides is 1.